The molecule has 0 fully saturated rings. The first-order chi connectivity index (χ1) is 6.41. The second-order valence-electron chi connectivity index (χ2n) is 2.75. The molecule has 0 amide bonds. The third-order valence-corrected chi connectivity index (χ3v) is 1.24. The van der Waals surface area contributed by atoms with E-state index in [0.29, 0.717) is 0 Å². The molecular formula is C9H17BF4. The highest BCUT2D eigenvalue weighted by Crippen LogP contribution is 2.06. The highest BCUT2D eigenvalue weighted by atomic mass is 19.5. The van der Waals surface area contributed by atoms with Gasteiger partial charge in [0.1, 0.15) is 0 Å². The first kappa shape index (κ1) is 15.8. The molecule has 84 valence electrons. The lowest BCUT2D eigenvalue weighted by atomic mass is 10.2. The van der Waals surface area contributed by atoms with E-state index in [1.807, 2.05) is 0 Å². The summed E-state index contributed by atoms with van der Waals surface area (Å²) in [5.74, 6) is 0. The maximum Gasteiger partial charge on any atom is 0.673 e. The van der Waals surface area contributed by atoms with Gasteiger partial charge < -0.3 is 17.3 Å². The van der Waals surface area contributed by atoms with Gasteiger partial charge in [-0.2, -0.15) is 0 Å². The molecule has 0 aliphatic rings. The van der Waals surface area contributed by atoms with Gasteiger partial charge in [0.2, 0.25) is 0 Å². The van der Waals surface area contributed by atoms with Crippen molar-refractivity contribution in [2.24, 2.45) is 0 Å². The van der Waals surface area contributed by atoms with Crippen molar-refractivity contribution in [3.63, 3.8) is 0 Å². The number of hydrogen-bond acceptors (Lipinski definition) is 0. The molecule has 0 saturated heterocycles. The Morgan fingerprint density at radius 3 is 1.86 bits per heavy atom. The van der Waals surface area contributed by atoms with Crippen molar-refractivity contribution in [3.8, 4) is 0 Å². The van der Waals surface area contributed by atoms with Crippen LogP contribution in [0.4, 0.5) is 17.3 Å². The van der Waals surface area contributed by atoms with E-state index in [-0.39, 0.29) is 0 Å². The Morgan fingerprint density at radius 2 is 1.50 bits per heavy atom. The highest BCUT2D eigenvalue weighted by Gasteiger charge is 2.20. The Bertz CT molecular complexity index is 125. The Balaban J connectivity index is 0. The molecule has 0 spiro atoms. The number of unbranched alkanes of at least 4 members (excludes halogenated alkanes) is 3. The van der Waals surface area contributed by atoms with E-state index in [2.05, 4.69) is 26.0 Å². The molecule has 0 aromatic carbocycles. The molecule has 0 unspecified atom stereocenters. The van der Waals surface area contributed by atoms with Gasteiger partial charge >= 0.3 is 7.25 Å². The maximum absolute atomic E-state index is 9.75. The fourth-order valence-corrected chi connectivity index (χ4v) is 0.665. The summed E-state index contributed by atoms with van der Waals surface area (Å²) in [6, 6.07) is 0. The molecule has 0 rings (SSSR count). The minimum absolute atomic E-state index is 1.07. The van der Waals surface area contributed by atoms with Crippen LogP contribution < -0.4 is 0 Å². The predicted molar refractivity (Wildman–Crippen MR) is 53.4 cm³/mol. The lowest BCUT2D eigenvalue weighted by Gasteiger charge is -1.94. The van der Waals surface area contributed by atoms with Crippen molar-refractivity contribution in [2.75, 3.05) is 0 Å². The molecular weight excluding hydrogens is 195 g/mol. The van der Waals surface area contributed by atoms with Crippen molar-refractivity contribution >= 4 is 7.25 Å². The van der Waals surface area contributed by atoms with Crippen LogP contribution in [0.3, 0.4) is 0 Å². The minimum atomic E-state index is -6.00. The van der Waals surface area contributed by atoms with Gasteiger partial charge in [-0.3, -0.25) is 0 Å². The Labute approximate surface area is 83.5 Å². The van der Waals surface area contributed by atoms with Gasteiger partial charge in [-0.15, -0.1) is 0 Å². The zero-order chi connectivity index (χ0) is 11.4. The molecule has 0 atom stereocenters. The average Bonchev–Trinajstić information content (AvgIpc) is 2.01. The van der Waals surface area contributed by atoms with Crippen LogP contribution in [0.5, 0.6) is 0 Å². The molecule has 0 radical (unpaired) electrons. The van der Waals surface area contributed by atoms with E-state index in [9.17, 15) is 17.3 Å². The molecule has 0 aromatic heterocycles. The smallest absolute Gasteiger partial charge is 0.418 e. The molecule has 0 aromatic rings. The fraction of sp³-hybridized carbons (Fsp3) is 0.667. The zero-order valence-electron chi connectivity index (χ0n) is 8.49. The maximum atomic E-state index is 9.75. The van der Waals surface area contributed by atoms with Crippen molar-refractivity contribution in [1.29, 1.82) is 0 Å². The van der Waals surface area contributed by atoms with Crippen LogP contribution in [0.15, 0.2) is 12.2 Å². The molecule has 0 aliphatic heterocycles. The van der Waals surface area contributed by atoms with Gasteiger partial charge in [-0.1, -0.05) is 25.5 Å². The van der Waals surface area contributed by atoms with Crippen LogP contribution >= 0.6 is 0 Å². The zero-order valence-corrected chi connectivity index (χ0v) is 8.49. The largest absolute Gasteiger partial charge is 0.673 e. The molecule has 0 saturated carbocycles. The Morgan fingerprint density at radius 1 is 1.07 bits per heavy atom. The molecule has 0 aliphatic carbocycles. The first-order valence-electron chi connectivity index (χ1n) is 4.73. The second kappa shape index (κ2) is 10.5. The van der Waals surface area contributed by atoms with Crippen molar-refractivity contribution in [2.45, 2.75) is 39.0 Å². The summed E-state index contributed by atoms with van der Waals surface area (Å²) < 4.78 is 39.0. The normalized spacial score (nSPS) is 11.2. The minimum Gasteiger partial charge on any atom is -0.418 e. The van der Waals surface area contributed by atoms with E-state index in [0.717, 1.165) is 6.42 Å². The van der Waals surface area contributed by atoms with Crippen LogP contribution in [0.2, 0.25) is 0 Å². The quantitative estimate of drug-likeness (QED) is 0.204. The number of halogens is 4. The van der Waals surface area contributed by atoms with Crippen LogP contribution in [-0.2, 0) is 0 Å². The predicted octanol–water partition coefficient (Wildman–Crippen LogP) is 4.65. The summed E-state index contributed by atoms with van der Waals surface area (Å²) in [5.41, 5.74) is 0. The molecule has 0 nitrogen and oxygen atoms in total. The van der Waals surface area contributed by atoms with Crippen LogP contribution in [-0.4, -0.2) is 7.25 Å². The SMILES string of the molecule is F[B-](F)(F)F.[CH2+]CCC/C=C/CCC. The van der Waals surface area contributed by atoms with E-state index < -0.39 is 7.25 Å². The summed E-state index contributed by atoms with van der Waals surface area (Å²) in [6.07, 6.45) is 10.5. The van der Waals surface area contributed by atoms with E-state index in [1.165, 1.54) is 25.7 Å². The monoisotopic (exact) mass is 212 g/mol. The number of hydrogen-bond donors (Lipinski definition) is 0. The topological polar surface area (TPSA) is 0 Å². The third-order valence-electron chi connectivity index (χ3n) is 1.24. The summed E-state index contributed by atoms with van der Waals surface area (Å²) >= 11 is 0. The van der Waals surface area contributed by atoms with Crippen molar-refractivity contribution in [3.05, 3.63) is 19.1 Å². The molecule has 0 N–H and O–H groups in total. The van der Waals surface area contributed by atoms with Gasteiger partial charge in [0.15, 0.2) is 0 Å². The average molecular weight is 212 g/mol. The van der Waals surface area contributed by atoms with Crippen molar-refractivity contribution < 1.29 is 17.3 Å². The van der Waals surface area contributed by atoms with Gasteiger partial charge in [0.25, 0.3) is 0 Å². The van der Waals surface area contributed by atoms with E-state index in [4.69, 9.17) is 0 Å². The Kier molecular flexibility index (Phi) is 11.9. The van der Waals surface area contributed by atoms with Gasteiger partial charge in [-0.25, -0.2) is 0 Å². The summed E-state index contributed by atoms with van der Waals surface area (Å²) in [4.78, 5) is 0. The van der Waals surface area contributed by atoms with E-state index >= 15 is 0 Å². The van der Waals surface area contributed by atoms with E-state index in [1.54, 1.807) is 0 Å². The molecule has 0 bridgehead atoms. The summed E-state index contributed by atoms with van der Waals surface area (Å²) in [5, 5.41) is 0. The van der Waals surface area contributed by atoms with Gasteiger partial charge in [-0.05, 0) is 19.3 Å². The fourth-order valence-electron chi connectivity index (χ4n) is 0.665. The summed E-state index contributed by atoms with van der Waals surface area (Å²) in [7, 11) is -6.00. The molecule has 0 heterocycles. The second-order valence-corrected chi connectivity index (χ2v) is 2.75. The van der Waals surface area contributed by atoms with Crippen LogP contribution in [0.1, 0.15) is 39.0 Å². The van der Waals surface area contributed by atoms with Crippen molar-refractivity contribution in [1.82, 2.24) is 0 Å². The van der Waals surface area contributed by atoms with Crippen LogP contribution in [0, 0.1) is 6.92 Å². The number of allylic oxidation sites excluding steroid dienone is 2. The highest BCUT2D eigenvalue weighted by molar-refractivity contribution is 6.50. The Hall–Kier alpha value is -0.605. The number of rotatable bonds is 5. The van der Waals surface area contributed by atoms with Gasteiger partial charge in [0.05, 0.1) is 13.3 Å². The third kappa shape index (κ3) is 42.3. The van der Waals surface area contributed by atoms with Crippen LogP contribution in [0.25, 0.3) is 0 Å². The lowest BCUT2D eigenvalue weighted by Crippen LogP contribution is -2.02. The lowest BCUT2D eigenvalue weighted by molar-refractivity contribution is 0.368. The molecule has 5 heteroatoms. The first-order valence-corrected chi connectivity index (χ1v) is 4.73. The summed E-state index contributed by atoms with van der Waals surface area (Å²) in [6.45, 7) is 5.97. The standard InChI is InChI=1S/C9H17.BF4/c1-3-5-7-9-8-6-4-2;2-1(3,4)5/h8-9H,1,3-7H2,2H3;/q+1;-1/b9-8+;. The molecule has 14 heavy (non-hydrogen) atoms. The van der Waals surface area contributed by atoms with Gasteiger partial charge in [0, 0.05) is 0 Å².